The van der Waals surface area contributed by atoms with Gasteiger partial charge in [0.05, 0.1) is 11.3 Å². The van der Waals surface area contributed by atoms with Crippen LogP contribution in [-0.4, -0.2) is 48.4 Å². The number of likely N-dealkylation sites (N-methyl/N-ethyl adjacent to an activating group) is 1. The third kappa shape index (κ3) is 3.48. The molecule has 0 saturated carbocycles. The lowest BCUT2D eigenvalue weighted by molar-refractivity contribution is -0.110. The average molecular weight is 386 g/mol. The van der Waals surface area contributed by atoms with E-state index in [1.54, 1.807) is 0 Å². The summed E-state index contributed by atoms with van der Waals surface area (Å²) in [6.45, 7) is 8.93. The molecule has 0 aliphatic carbocycles. The van der Waals surface area contributed by atoms with Crippen LogP contribution in [0.25, 0.3) is 11.6 Å². The van der Waals surface area contributed by atoms with Gasteiger partial charge in [-0.3, -0.25) is 9.69 Å². The molecule has 0 bridgehead atoms. The molecule has 29 heavy (non-hydrogen) atoms. The number of anilines is 2. The molecule has 3 aliphatic rings. The number of hydrogen-bond acceptors (Lipinski definition) is 4. The molecule has 0 unspecified atom stereocenters. The highest BCUT2D eigenvalue weighted by Crippen LogP contribution is 2.36. The first-order valence-corrected chi connectivity index (χ1v) is 10.4. The third-order valence-electron chi connectivity index (χ3n) is 6.07. The molecule has 5 nitrogen and oxygen atoms in total. The van der Waals surface area contributed by atoms with Gasteiger partial charge in [-0.15, -0.1) is 0 Å². The monoisotopic (exact) mass is 386 g/mol. The Morgan fingerprint density at radius 3 is 2.52 bits per heavy atom. The molecule has 0 spiro atoms. The summed E-state index contributed by atoms with van der Waals surface area (Å²) >= 11 is 0. The minimum absolute atomic E-state index is 0.0513. The summed E-state index contributed by atoms with van der Waals surface area (Å²) in [6.07, 6.45) is 4.13. The van der Waals surface area contributed by atoms with Gasteiger partial charge in [0.25, 0.3) is 5.91 Å². The standard InChI is InChI=1S/C24H26N4O/c1-2-27-11-13-28(14-12-27)16-17-7-9-20-18(15-17)8-10-22(25-20)23-19-5-3-4-6-21(19)26-24(23)29/h3-10,15,25H,2,11-14,16H2,1H3,(H,26,29)/b23-22-. The van der Waals surface area contributed by atoms with E-state index in [1.165, 1.54) is 11.1 Å². The van der Waals surface area contributed by atoms with Crippen molar-refractivity contribution in [2.24, 2.45) is 0 Å². The van der Waals surface area contributed by atoms with Crippen molar-refractivity contribution in [3.8, 4) is 0 Å². The van der Waals surface area contributed by atoms with Crippen LogP contribution >= 0.6 is 0 Å². The third-order valence-corrected chi connectivity index (χ3v) is 6.07. The second kappa shape index (κ2) is 7.50. The maximum absolute atomic E-state index is 12.5. The fraction of sp³-hybridized carbons (Fsp3) is 0.292. The van der Waals surface area contributed by atoms with Crippen molar-refractivity contribution < 1.29 is 4.79 Å². The smallest absolute Gasteiger partial charge is 0.258 e. The molecule has 3 heterocycles. The topological polar surface area (TPSA) is 47.6 Å². The van der Waals surface area contributed by atoms with E-state index in [-0.39, 0.29) is 5.91 Å². The Bertz CT molecular complexity index is 1020. The molecule has 1 saturated heterocycles. The Kier molecular flexibility index (Phi) is 4.70. The van der Waals surface area contributed by atoms with E-state index in [4.69, 9.17) is 0 Å². The van der Waals surface area contributed by atoms with Crippen molar-refractivity contribution in [1.82, 2.24) is 9.80 Å². The molecule has 5 heteroatoms. The largest absolute Gasteiger partial charge is 0.354 e. The van der Waals surface area contributed by atoms with E-state index < -0.39 is 0 Å². The van der Waals surface area contributed by atoms with Crippen molar-refractivity contribution in [2.75, 3.05) is 43.4 Å². The van der Waals surface area contributed by atoms with Gasteiger partial charge in [-0.05, 0) is 41.9 Å². The predicted octanol–water partition coefficient (Wildman–Crippen LogP) is 3.63. The van der Waals surface area contributed by atoms with Gasteiger partial charge in [-0.25, -0.2) is 0 Å². The highest BCUT2D eigenvalue weighted by Gasteiger charge is 2.27. The fourth-order valence-corrected chi connectivity index (χ4v) is 4.37. The minimum Gasteiger partial charge on any atom is -0.354 e. The molecule has 5 rings (SSSR count). The molecular formula is C24H26N4O. The number of nitrogens with one attached hydrogen (secondary N) is 2. The molecule has 0 aromatic heterocycles. The quantitative estimate of drug-likeness (QED) is 0.791. The highest BCUT2D eigenvalue weighted by atomic mass is 16.2. The number of benzene rings is 2. The van der Waals surface area contributed by atoms with Crippen LogP contribution in [0.1, 0.15) is 23.6 Å². The van der Waals surface area contributed by atoms with E-state index in [2.05, 4.69) is 51.6 Å². The maximum atomic E-state index is 12.5. The lowest BCUT2D eigenvalue weighted by atomic mass is 9.99. The van der Waals surface area contributed by atoms with Crippen molar-refractivity contribution in [2.45, 2.75) is 13.5 Å². The van der Waals surface area contributed by atoms with E-state index in [0.29, 0.717) is 5.57 Å². The van der Waals surface area contributed by atoms with Crippen LogP contribution in [0.5, 0.6) is 0 Å². The number of piperazine rings is 1. The van der Waals surface area contributed by atoms with Gasteiger partial charge in [-0.1, -0.05) is 37.3 Å². The van der Waals surface area contributed by atoms with Crippen LogP contribution in [-0.2, 0) is 11.3 Å². The number of carbonyl (C=O) groups excluding carboxylic acids is 1. The number of allylic oxidation sites excluding steroid dienone is 1. The summed E-state index contributed by atoms with van der Waals surface area (Å²) in [6, 6.07) is 14.4. The highest BCUT2D eigenvalue weighted by molar-refractivity contribution is 6.33. The van der Waals surface area contributed by atoms with Gasteiger partial charge in [0.15, 0.2) is 0 Å². The van der Waals surface area contributed by atoms with Crippen LogP contribution in [0.2, 0.25) is 0 Å². The van der Waals surface area contributed by atoms with Gasteiger partial charge in [0.1, 0.15) is 0 Å². The number of amides is 1. The number of fused-ring (bicyclic) bond motifs is 2. The normalized spacial score (nSPS) is 21.5. The van der Waals surface area contributed by atoms with Gasteiger partial charge in [0, 0.05) is 49.7 Å². The Morgan fingerprint density at radius 1 is 0.897 bits per heavy atom. The molecule has 3 aliphatic heterocycles. The minimum atomic E-state index is -0.0513. The maximum Gasteiger partial charge on any atom is 0.258 e. The number of rotatable bonds is 3. The molecule has 1 fully saturated rings. The molecule has 0 radical (unpaired) electrons. The Labute approximate surface area is 171 Å². The van der Waals surface area contributed by atoms with Crippen molar-refractivity contribution >= 4 is 28.9 Å². The summed E-state index contributed by atoms with van der Waals surface area (Å²) in [5, 5.41) is 6.42. The first kappa shape index (κ1) is 18.2. The van der Waals surface area contributed by atoms with Crippen LogP contribution in [0, 0.1) is 0 Å². The Morgan fingerprint density at radius 2 is 1.69 bits per heavy atom. The van der Waals surface area contributed by atoms with Crippen LogP contribution in [0.4, 0.5) is 11.4 Å². The lowest BCUT2D eigenvalue weighted by Gasteiger charge is -2.34. The molecule has 2 N–H and O–H groups in total. The second-order valence-electron chi connectivity index (χ2n) is 7.88. The molecule has 2 aromatic rings. The van der Waals surface area contributed by atoms with Gasteiger partial charge in [0.2, 0.25) is 0 Å². The Hall–Kier alpha value is -2.89. The Balaban J connectivity index is 1.36. The van der Waals surface area contributed by atoms with E-state index in [0.717, 1.165) is 61.9 Å². The molecular weight excluding hydrogens is 360 g/mol. The lowest BCUT2D eigenvalue weighted by Crippen LogP contribution is -2.45. The van der Waals surface area contributed by atoms with Crippen LogP contribution < -0.4 is 10.6 Å². The number of nitrogens with zero attached hydrogens (tertiary/aromatic N) is 2. The zero-order valence-electron chi connectivity index (χ0n) is 16.7. The zero-order valence-corrected chi connectivity index (χ0v) is 16.7. The molecule has 148 valence electrons. The molecule has 0 atom stereocenters. The van der Waals surface area contributed by atoms with E-state index in [9.17, 15) is 4.79 Å². The summed E-state index contributed by atoms with van der Waals surface area (Å²) in [7, 11) is 0. The average Bonchev–Trinajstić information content (AvgIpc) is 3.09. The van der Waals surface area contributed by atoms with Crippen molar-refractivity contribution in [3.63, 3.8) is 0 Å². The number of para-hydroxylation sites is 1. The van der Waals surface area contributed by atoms with Gasteiger partial charge < -0.3 is 15.5 Å². The van der Waals surface area contributed by atoms with Gasteiger partial charge in [-0.2, -0.15) is 0 Å². The summed E-state index contributed by atoms with van der Waals surface area (Å²) < 4.78 is 0. The summed E-state index contributed by atoms with van der Waals surface area (Å²) in [5.41, 5.74) is 6.94. The van der Waals surface area contributed by atoms with Crippen molar-refractivity contribution in [1.29, 1.82) is 0 Å². The van der Waals surface area contributed by atoms with Crippen LogP contribution in [0.3, 0.4) is 0 Å². The second-order valence-corrected chi connectivity index (χ2v) is 7.88. The van der Waals surface area contributed by atoms with Crippen molar-refractivity contribution in [3.05, 3.63) is 70.9 Å². The fourth-order valence-electron chi connectivity index (χ4n) is 4.37. The van der Waals surface area contributed by atoms with E-state index in [1.807, 2.05) is 30.3 Å². The zero-order chi connectivity index (χ0) is 19.8. The first-order chi connectivity index (χ1) is 14.2. The van der Waals surface area contributed by atoms with E-state index >= 15 is 0 Å². The first-order valence-electron chi connectivity index (χ1n) is 10.4. The summed E-state index contributed by atoms with van der Waals surface area (Å²) in [4.78, 5) is 17.5. The molecule has 2 aromatic carbocycles. The predicted molar refractivity (Wildman–Crippen MR) is 118 cm³/mol. The van der Waals surface area contributed by atoms with Gasteiger partial charge >= 0.3 is 0 Å². The summed E-state index contributed by atoms with van der Waals surface area (Å²) in [5.74, 6) is -0.0513. The number of carbonyl (C=O) groups is 1. The van der Waals surface area contributed by atoms with Crippen LogP contribution in [0.15, 0.2) is 54.2 Å². The SMILES string of the molecule is CCN1CCN(Cc2ccc3c(c2)C=C/C(=C2/C(=O)Nc4ccccc42)N3)CC1. The number of hydrogen-bond donors (Lipinski definition) is 2. The molecule has 1 amide bonds.